The molecule has 0 spiro atoms. The van der Waals surface area contributed by atoms with Gasteiger partial charge in [0.05, 0.1) is 4.92 Å². The van der Waals surface area contributed by atoms with Gasteiger partial charge in [0.1, 0.15) is 12.0 Å². The molecule has 0 bridgehead atoms. The highest BCUT2D eigenvalue weighted by atomic mass is 16.6. The summed E-state index contributed by atoms with van der Waals surface area (Å²) >= 11 is 0. The van der Waals surface area contributed by atoms with Gasteiger partial charge in [-0.25, -0.2) is 4.98 Å². The Morgan fingerprint density at radius 1 is 1.17 bits per heavy atom. The summed E-state index contributed by atoms with van der Waals surface area (Å²) in [5.74, 6) is 0.811. The summed E-state index contributed by atoms with van der Waals surface area (Å²) in [7, 11) is 0. The van der Waals surface area contributed by atoms with Crippen LogP contribution >= 0.6 is 0 Å². The fourth-order valence-corrected chi connectivity index (χ4v) is 2.88. The maximum absolute atomic E-state index is 10.7. The SMILES string of the molecule is Cc1cccc(CN2CCN(c3ccc([N+](=O)[O-])cn3)CC2)c1. The van der Waals surface area contributed by atoms with Crippen molar-refractivity contribution in [1.29, 1.82) is 0 Å². The van der Waals surface area contributed by atoms with Crippen LogP contribution in [0.1, 0.15) is 11.1 Å². The van der Waals surface area contributed by atoms with Crippen LogP contribution in [0.2, 0.25) is 0 Å². The summed E-state index contributed by atoms with van der Waals surface area (Å²) in [5, 5.41) is 10.7. The molecule has 23 heavy (non-hydrogen) atoms. The average Bonchev–Trinajstić information content (AvgIpc) is 2.56. The number of aromatic nitrogens is 1. The molecule has 3 rings (SSSR count). The van der Waals surface area contributed by atoms with Crippen LogP contribution < -0.4 is 4.90 Å². The predicted octanol–water partition coefficient (Wildman–Crippen LogP) is 2.62. The number of hydrogen-bond acceptors (Lipinski definition) is 5. The first-order valence-corrected chi connectivity index (χ1v) is 7.75. The van der Waals surface area contributed by atoms with Crippen molar-refractivity contribution in [3.63, 3.8) is 0 Å². The second kappa shape index (κ2) is 6.75. The van der Waals surface area contributed by atoms with Crippen LogP contribution in [-0.4, -0.2) is 41.0 Å². The lowest BCUT2D eigenvalue weighted by molar-refractivity contribution is -0.385. The molecule has 0 N–H and O–H groups in total. The third-order valence-electron chi connectivity index (χ3n) is 4.13. The lowest BCUT2D eigenvalue weighted by atomic mass is 10.1. The van der Waals surface area contributed by atoms with Crippen molar-refractivity contribution >= 4 is 11.5 Å². The normalized spacial score (nSPS) is 15.6. The third-order valence-corrected chi connectivity index (χ3v) is 4.13. The largest absolute Gasteiger partial charge is 0.354 e. The van der Waals surface area contributed by atoms with Gasteiger partial charge in [-0.2, -0.15) is 0 Å². The summed E-state index contributed by atoms with van der Waals surface area (Å²) in [6.07, 6.45) is 1.33. The Hall–Kier alpha value is -2.47. The van der Waals surface area contributed by atoms with Crippen LogP contribution in [0.4, 0.5) is 11.5 Å². The Morgan fingerprint density at radius 2 is 1.96 bits per heavy atom. The Bertz CT molecular complexity index is 679. The van der Waals surface area contributed by atoms with Gasteiger partial charge in [-0.3, -0.25) is 15.0 Å². The van der Waals surface area contributed by atoms with E-state index in [-0.39, 0.29) is 5.69 Å². The number of pyridine rings is 1. The number of hydrogen-bond donors (Lipinski definition) is 0. The van der Waals surface area contributed by atoms with Gasteiger partial charge in [-0.1, -0.05) is 29.8 Å². The van der Waals surface area contributed by atoms with Gasteiger partial charge in [0.2, 0.25) is 0 Å². The van der Waals surface area contributed by atoms with E-state index < -0.39 is 4.92 Å². The van der Waals surface area contributed by atoms with E-state index in [1.807, 2.05) is 0 Å². The average molecular weight is 312 g/mol. The number of rotatable bonds is 4. The van der Waals surface area contributed by atoms with E-state index in [1.165, 1.54) is 23.4 Å². The molecule has 1 aromatic heterocycles. The van der Waals surface area contributed by atoms with E-state index in [1.54, 1.807) is 6.07 Å². The molecule has 0 atom stereocenters. The number of nitrogens with zero attached hydrogens (tertiary/aromatic N) is 4. The molecule has 2 heterocycles. The molecule has 0 aliphatic carbocycles. The van der Waals surface area contributed by atoms with Crippen LogP contribution in [0, 0.1) is 17.0 Å². The van der Waals surface area contributed by atoms with E-state index in [9.17, 15) is 10.1 Å². The Kier molecular flexibility index (Phi) is 4.52. The molecule has 6 heteroatoms. The standard InChI is InChI=1S/C17H20N4O2/c1-14-3-2-4-15(11-14)13-19-7-9-20(10-8-19)17-6-5-16(12-18-17)21(22)23/h2-6,11-12H,7-10,13H2,1H3. The van der Waals surface area contributed by atoms with Crippen molar-refractivity contribution in [2.75, 3.05) is 31.1 Å². The highest BCUT2D eigenvalue weighted by molar-refractivity contribution is 5.43. The fraction of sp³-hybridized carbons (Fsp3) is 0.353. The maximum atomic E-state index is 10.7. The van der Waals surface area contributed by atoms with Crippen LogP contribution in [0.15, 0.2) is 42.6 Å². The van der Waals surface area contributed by atoms with Gasteiger partial charge in [0.25, 0.3) is 5.69 Å². The highest BCUT2D eigenvalue weighted by Gasteiger charge is 2.18. The minimum absolute atomic E-state index is 0.0341. The minimum atomic E-state index is -0.420. The number of benzene rings is 1. The Morgan fingerprint density at radius 3 is 2.57 bits per heavy atom. The third kappa shape index (κ3) is 3.84. The van der Waals surface area contributed by atoms with E-state index >= 15 is 0 Å². The lowest BCUT2D eigenvalue weighted by Crippen LogP contribution is -2.46. The second-order valence-electron chi connectivity index (χ2n) is 5.88. The summed E-state index contributed by atoms with van der Waals surface area (Å²) < 4.78 is 0. The first-order valence-electron chi connectivity index (χ1n) is 7.75. The van der Waals surface area contributed by atoms with Crippen LogP contribution in [-0.2, 0) is 6.54 Å². The van der Waals surface area contributed by atoms with Gasteiger partial charge in [-0.05, 0) is 18.6 Å². The zero-order valence-electron chi connectivity index (χ0n) is 13.2. The molecule has 1 saturated heterocycles. The molecule has 1 aliphatic rings. The molecule has 1 aromatic carbocycles. The number of aryl methyl sites for hydroxylation is 1. The Balaban J connectivity index is 1.56. The van der Waals surface area contributed by atoms with Gasteiger partial charge >= 0.3 is 0 Å². The van der Waals surface area contributed by atoms with E-state index in [4.69, 9.17) is 0 Å². The van der Waals surface area contributed by atoms with Crippen molar-refractivity contribution in [3.8, 4) is 0 Å². The molecular formula is C17H20N4O2. The number of nitro groups is 1. The second-order valence-corrected chi connectivity index (χ2v) is 5.88. The summed E-state index contributed by atoms with van der Waals surface area (Å²) in [4.78, 5) is 19.1. The molecule has 0 unspecified atom stereocenters. The molecule has 0 radical (unpaired) electrons. The predicted molar refractivity (Wildman–Crippen MR) is 89.6 cm³/mol. The maximum Gasteiger partial charge on any atom is 0.287 e. The monoisotopic (exact) mass is 312 g/mol. The zero-order chi connectivity index (χ0) is 16.2. The molecule has 120 valence electrons. The lowest BCUT2D eigenvalue weighted by Gasteiger charge is -2.35. The smallest absolute Gasteiger partial charge is 0.287 e. The van der Waals surface area contributed by atoms with Crippen molar-refractivity contribution in [2.45, 2.75) is 13.5 Å². The molecule has 1 fully saturated rings. The van der Waals surface area contributed by atoms with E-state index in [0.29, 0.717) is 0 Å². The van der Waals surface area contributed by atoms with Crippen molar-refractivity contribution < 1.29 is 4.92 Å². The molecule has 2 aromatic rings. The van der Waals surface area contributed by atoms with Crippen LogP contribution in [0.25, 0.3) is 0 Å². The topological polar surface area (TPSA) is 62.5 Å². The summed E-state index contributed by atoms with van der Waals surface area (Å²) in [6.45, 7) is 6.78. The summed E-state index contributed by atoms with van der Waals surface area (Å²) in [6, 6.07) is 11.8. The van der Waals surface area contributed by atoms with Crippen LogP contribution in [0.3, 0.4) is 0 Å². The summed E-state index contributed by atoms with van der Waals surface area (Å²) in [5.41, 5.74) is 2.66. The molecular weight excluding hydrogens is 292 g/mol. The van der Waals surface area contributed by atoms with Crippen molar-refractivity contribution in [2.24, 2.45) is 0 Å². The van der Waals surface area contributed by atoms with Gasteiger partial charge in [0.15, 0.2) is 0 Å². The van der Waals surface area contributed by atoms with Crippen molar-refractivity contribution in [3.05, 3.63) is 63.8 Å². The van der Waals surface area contributed by atoms with Gasteiger partial charge in [-0.15, -0.1) is 0 Å². The molecule has 6 nitrogen and oxygen atoms in total. The fourth-order valence-electron chi connectivity index (χ4n) is 2.88. The Labute approximate surface area is 135 Å². The first-order chi connectivity index (χ1) is 11.1. The van der Waals surface area contributed by atoms with Gasteiger partial charge < -0.3 is 4.90 Å². The van der Waals surface area contributed by atoms with Crippen LogP contribution in [0.5, 0.6) is 0 Å². The quantitative estimate of drug-likeness (QED) is 0.641. The molecule has 0 amide bonds. The van der Waals surface area contributed by atoms with E-state index in [2.05, 4.69) is 46.0 Å². The number of anilines is 1. The van der Waals surface area contributed by atoms with Gasteiger partial charge in [0, 0.05) is 38.8 Å². The molecule has 1 aliphatic heterocycles. The highest BCUT2D eigenvalue weighted by Crippen LogP contribution is 2.18. The van der Waals surface area contributed by atoms with E-state index in [0.717, 1.165) is 38.5 Å². The minimum Gasteiger partial charge on any atom is -0.354 e. The molecule has 0 saturated carbocycles. The first kappa shape index (κ1) is 15.4. The van der Waals surface area contributed by atoms with Crippen molar-refractivity contribution in [1.82, 2.24) is 9.88 Å². The zero-order valence-corrected chi connectivity index (χ0v) is 13.2. The number of piperazine rings is 1.